The van der Waals surface area contributed by atoms with E-state index in [4.69, 9.17) is 13.9 Å². The van der Waals surface area contributed by atoms with Gasteiger partial charge in [-0.1, -0.05) is 0 Å². The van der Waals surface area contributed by atoms with Gasteiger partial charge in [-0.3, -0.25) is 0 Å². The molecule has 0 amide bonds. The van der Waals surface area contributed by atoms with E-state index in [1.165, 1.54) is 0 Å². The van der Waals surface area contributed by atoms with Crippen molar-refractivity contribution >= 4 is 5.96 Å². The van der Waals surface area contributed by atoms with E-state index in [1.54, 1.807) is 7.11 Å². The van der Waals surface area contributed by atoms with E-state index < -0.39 is 0 Å². The third kappa shape index (κ3) is 7.10. The van der Waals surface area contributed by atoms with E-state index in [9.17, 15) is 0 Å². The lowest BCUT2D eigenvalue weighted by atomic mass is 10.4. The van der Waals surface area contributed by atoms with Gasteiger partial charge < -0.3 is 24.5 Å². The van der Waals surface area contributed by atoms with Crippen LogP contribution in [-0.4, -0.2) is 51.0 Å². The number of guanidine groups is 1. The van der Waals surface area contributed by atoms with Gasteiger partial charge in [0.05, 0.1) is 25.5 Å². The first kappa shape index (κ1) is 17.5. The van der Waals surface area contributed by atoms with Crippen molar-refractivity contribution in [1.29, 1.82) is 0 Å². The summed E-state index contributed by atoms with van der Waals surface area (Å²) in [5.74, 6) is 2.18. The van der Waals surface area contributed by atoms with E-state index >= 15 is 0 Å². The summed E-state index contributed by atoms with van der Waals surface area (Å²) in [5.41, 5.74) is 0.907. The predicted octanol–water partition coefficient (Wildman–Crippen LogP) is 1.01. The van der Waals surface area contributed by atoms with Crippen molar-refractivity contribution < 1.29 is 13.9 Å². The topological polar surface area (TPSA) is 80.9 Å². The number of hydrogen-bond donors (Lipinski definition) is 2. The van der Waals surface area contributed by atoms with Crippen molar-refractivity contribution in [3.63, 3.8) is 0 Å². The second kappa shape index (κ2) is 10.2. The fraction of sp³-hybridized carbons (Fsp3) is 0.714. The zero-order valence-corrected chi connectivity index (χ0v) is 13.4. The molecule has 0 spiro atoms. The number of aryl methyl sites for hydroxylation is 2. The van der Waals surface area contributed by atoms with Crippen molar-refractivity contribution in [3.05, 3.63) is 17.3 Å². The Kier molecular flexibility index (Phi) is 8.45. The third-order valence-electron chi connectivity index (χ3n) is 2.76. The lowest BCUT2D eigenvalue weighted by Gasteiger charge is -2.11. The summed E-state index contributed by atoms with van der Waals surface area (Å²) < 4.78 is 15.8. The number of oxazole rings is 1. The van der Waals surface area contributed by atoms with E-state index in [-0.39, 0.29) is 0 Å². The first-order valence-electron chi connectivity index (χ1n) is 7.19. The summed E-state index contributed by atoms with van der Waals surface area (Å²) >= 11 is 0. The van der Waals surface area contributed by atoms with Crippen LogP contribution in [0, 0.1) is 13.8 Å². The van der Waals surface area contributed by atoms with E-state index in [0.717, 1.165) is 24.0 Å². The van der Waals surface area contributed by atoms with Gasteiger partial charge in [0.2, 0.25) is 5.89 Å². The molecule has 0 aliphatic rings. The Morgan fingerprint density at radius 2 is 2.05 bits per heavy atom. The summed E-state index contributed by atoms with van der Waals surface area (Å²) in [4.78, 5) is 8.73. The highest BCUT2D eigenvalue weighted by atomic mass is 16.5. The Hall–Kier alpha value is -1.60. The molecule has 21 heavy (non-hydrogen) atoms. The molecule has 1 heterocycles. The van der Waals surface area contributed by atoms with Gasteiger partial charge in [-0.15, -0.1) is 0 Å². The molecule has 0 atom stereocenters. The van der Waals surface area contributed by atoms with Crippen molar-refractivity contribution in [3.8, 4) is 0 Å². The van der Waals surface area contributed by atoms with Gasteiger partial charge in [-0.2, -0.15) is 0 Å². The quantitative estimate of drug-likeness (QED) is 0.402. The SMILES string of the molecule is CCNC(=NCc1nc(C)c(C)o1)NCCOCCOC. The normalized spacial score (nSPS) is 11.7. The van der Waals surface area contributed by atoms with Gasteiger partial charge in [-0.05, 0) is 20.8 Å². The third-order valence-corrected chi connectivity index (χ3v) is 2.76. The Bertz CT molecular complexity index is 412. The molecule has 1 aromatic rings. The van der Waals surface area contributed by atoms with Gasteiger partial charge in [0.1, 0.15) is 12.3 Å². The Labute approximate surface area is 126 Å². The first-order valence-corrected chi connectivity index (χ1v) is 7.19. The summed E-state index contributed by atoms with van der Waals surface area (Å²) in [6.45, 7) is 9.53. The van der Waals surface area contributed by atoms with Crippen molar-refractivity contribution in [2.45, 2.75) is 27.3 Å². The Morgan fingerprint density at radius 3 is 2.67 bits per heavy atom. The Balaban J connectivity index is 2.35. The molecule has 0 aliphatic carbocycles. The van der Waals surface area contributed by atoms with E-state index in [0.29, 0.717) is 38.8 Å². The predicted molar refractivity (Wildman–Crippen MR) is 81.5 cm³/mol. The zero-order valence-electron chi connectivity index (χ0n) is 13.4. The second-order valence-electron chi connectivity index (χ2n) is 4.48. The molecule has 0 saturated carbocycles. The fourth-order valence-electron chi connectivity index (χ4n) is 1.58. The second-order valence-corrected chi connectivity index (χ2v) is 4.48. The zero-order chi connectivity index (χ0) is 15.5. The lowest BCUT2D eigenvalue weighted by Crippen LogP contribution is -2.39. The lowest BCUT2D eigenvalue weighted by molar-refractivity contribution is 0.0733. The molecular weight excluding hydrogens is 272 g/mol. The van der Waals surface area contributed by atoms with Crippen molar-refractivity contribution in [1.82, 2.24) is 15.6 Å². The molecule has 0 radical (unpaired) electrons. The van der Waals surface area contributed by atoms with Crippen molar-refractivity contribution in [2.24, 2.45) is 4.99 Å². The average Bonchev–Trinajstić information content (AvgIpc) is 2.79. The molecule has 0 unspecified atom stereocenters. The number of methoxy groups -OCH3 is 1. The van der Waals surface area contributed by atoms with Crippen LogP contribution in [0.25, 0.3) is 0 Å². The largest absolute Gasteiger partial charge is 0.444 e. The van der Waals surface area contributed by atoms with Gasteiger partial charge in [0.25, 0.3) is 0 Å². The maximum atomic E-state index is 5.50. The van der Waals surface area contributed by atoms with Gasteiger partial charge in [-0.25, -0.2) is 9.98 Å². The van der Waals surface area contributed by atoms with Crippen LogP contribution in [0.3, 0.4) is 0 Å². The molecule has 0 fully saturated rings. The molecule has 7 nitrogen and oxygen atoms in total. The molecule has 0 aromatic carbocycles. The maximum absolute atomic E-state index is 5.50. The number of nitrogens with one attached hydrogen (secondary N) is 2. The summed E-state index contributed by atoms with van der Waals surface area (Å²) in [7, 11) is 1.66. The number of aliphatic imine (C=N–C) groups is 1. The summed E-state index contributed by atoms with van der Waals surface area (Å²) in [5, 5.41) is 6.36. The van der Waals surface area contributed by atoms with Crippen LogP contribution >= 0.6 is 0 Å². The number of ether oxygens (including phenoxy) is 2. The molecule has 2 N–H and O–H groups in total. The number of rotatable bonds is 9. The minimum Gasteiger partial charge on any atom is -0.444 e. The van der Waals surface area contributed by atoms with Gasteiger partial charge in [0, 0.05) is 20.2 Å². The molecule has 1 rings (SSSR count). The highest BCUT2D eigenvalue weighted by molar-refractivity contribution is 5.79. The standard InChI is InChI=1S/C14H26N4O3/c1-5-15-14(16-6-7-20-9-8-19-4)17-10-13-18-11(2)12(3)21-13/h5-10H2,1-4H3,(H2,15,16,17). The monoisotopic (exact) mass is 298 g/mol. The van der Waals surface area contributed by atoms with Crippen LogP contribution < -0.4 is 10.6 Å². The minimum absolute atomic E-state index is 0.411. The van der Waals surface area contributed by atoms with Gasteiger partial charge in [0.15, 0.2) is 5.96 Å². The average molecular weight is 298 g/mol. The van der Waals surface area contributed by atoms with Crippen LogP contribution in [0.4, 0.5) is 0 Å². The molecule has 7 heteroatoms. The number of hydrogen-bond acceptors (Lipinski definition) is 5. The van der Waals surface area contributed by atoms with Gasteiger partial charge >= 0.3 is 0 Å². The number of nitrogens with zero attached hydrogens (tertiary/aromatic N) is 2. The van der Waals surface area contributed by atoms with E-state index in [2.05, 4.69) is 20.6 Å². The van der Waals surface area contributed by atoms with Crippen molar-refractivity contribution in [2.75, 3.05) is 40.0 Å². The highest BCUT2D eigenvalue weighted by Crippen LogP contribution is 2.08. The molecule has 0 saturated heterocycles. The molecule has 120 valence electrons. The smallest absolute Gasteiger partial charge is 0.216 e. The van der Waals surface area contributed by atoms with E-state index in [1.807, 2.05) is 20.8 Å². The van der Waals surface area contributed by atoms with Crippen LogP contribution in [-0.2, 0) is 16.0 Å². The highest BCUT2D eigenvalue weighted by Gasteiger charge is 2.05. The molecule has 0 bridgehead atoms. The number of aromatic nitrogens is 1. The van der Waals surface area contributed by atoms with Crippen LogP contribution in [0.2, 0.25) is 0 Å². The van der Waals surface area contributed by atoms with Crippen LogP contribution in [0.5, 0.6) is 0 Å². The molecule has 0 aliphatic heterocycles. The molecular formula is C14H26N4O3. The minimum atomic E-state index is 0.411. The fourth-order valence-corrected chi connectivity index (χ4v) is 1.58. The first-order chi connectivity index (χ1) is 10.2. The summed E-state index contributed by atoms with van der Waals surface area (Å²) in [6, 6.07) is 0. The van der Waals surface area contributed by atoms with Crippen LogP contribution in [0.1, 0.15) is 24.3 Å². The van der Waals surface area contributed by atoms with Crippen LogP contribution in [0.15, 0.2) is 9.41 Å². The molecule has 1 aromatic heterocycles. The summed E-state index contributed by atoms with van der Waals surface area (Å²) in [6.07, 6.45) is 0. The Morgan fingerprint density at radius 1 is 1.24 bits per heavy atom. The maximum Gasteiger partial charge on any atom is 0.216 e.